The molecule has 1 rings (SSSR count). The Bertz CT molecular complexity index is 322. The second-order valence-electron chi connectivity index (χ2n) is 4.27. The summed E-state index contributed by atoms with van der Waals surface area (Å²) in [5.74, 6) is -0.868. The fourth-order valence-electron chi connectivity index (χ4n) is 1.39. The molecule has 0 saturated heterocycles. The number of aliphatic hydroxyl groups is 1. The lowest BCUT2D eigenvalue weighted by Gasteiger charge is -2.13. The molecule has 0 heterocycles. The van der Waals surface area contributed by atoms with Gasteiger partial charge in [0.1, 0.15) is 11.6 Å². The van der Waals surface area contributed by atoms with Crippen molar-refractivity contribution in [1.82, 2.24) is 5.32 Å². The molecule has 2 N–H and O–H groups in total. The number of nitrogens with one attached hydrogen (secondary N) is 1. The van der Waals surface area contributed by atoms with Crippen LogP contribution in [-0.4, -0.2) is 18.2 Å². The Hall–Kier alpha value is -1.00. The van der Waals surface area contributed by atoms with E-state index in [1.807, 2.05) is 13.8 Å². The van der Waals surface area contributed by atoms with Crippen LogP contribution >= 0.6 is 0 Å². The Kier molecular flexibility index (Phi) is 4.83. The van der Waals surface area contributed by atoms with Gasteiger partial charge in [0.05, 0.1) is 6.10 Å². The first-order chi connectivity index (χ1) is 7.49. The number of hydrogen-bond acceptors (Lipinski definition) is 2. The molecule has 4 heteroatoms. The molecule has 0 radical (unpaired) electrons. The van der Waals surface area contributed by atoms with Crippen molar-refractivity contribution in [2.45, 2.75) is 20.0 Å². The third-order valence-corrected chi connectivity index (χ3v) is 2.16. The topological polar surface area (TPSA) is 32.3 Å². The molecule has 0 aliphatic rings. The van der Waals surface area contributed by atoms with Crippen molar-refractivity contribution >= 4 is 0 Å². The molecule has 2 nitrogen and oxygen atoms in total. The Labute approximate surface area is 94.3 Å². The van der Waals surface area contributed by atoms with Crippen LogP contribution in [0.1, 0.15) is 25.5 Å². The van der Waals surface area contributed by atoms with Gasteiger partial charge < -0.3 is 10.4 Å². The Morgan fingerprint density at radius 2 is 1.69 bits per heavy atom. The molecule has 0 amide bonds. The summed E-state index contributed by atoms with van der Waals surface area (Å²) in [6, 6.07) is 3.08. The minimum atomic E-state index is -0.885. The molecular weight excluding hydrogens is 212 g/mol. The number of aliphatic hydroxyl groups excluding tert-OH is 1. The molecule has 0 aliphatic carbocycles. The lowest BCUT2D eigenvalue weighted by molar-refractivity contribution is 0.172. The predicted octanol–water partition coefficient (Wildman–Crippen LogP) is 2.24. The summed E-state index contributed by atoms with van der Waals surface area (Å²) in [6.45, 7) is 5.14. The lowest BCUT2D eigenvalue weighted by Crippen LogP contribution is -2.25. The SMILES string of the molecule is CC(C)CNCC(O)c1cc(F)cc(F)c1. The standard InChI is InChI=1S/C12H17F2NO/c1-8(2)6-15-7-12(16)9-3-10(13)5-11(14)4-9/h3-5,8,12,15-16H,6-7H2,1-2H3. The van der Waals surface area contributed by atoms with E-state index in [0.29, 0.717) is 12.5 Å². The van der Waals surface area contributed by atoms with Crippen molar-refractivity contribution in [2.75, 3.05) is 13.1 Å². The summed E-state index contributed by atoms with van der Waals surface area (Å²) in [4.78, 5) is 0. The average molecular weight is 229 g/mol. The second-order valence-corrected chi connectivity index (χ2v) is 4.27. The molecule has 16 heavy (non-hydrogen) atoms. The van der Waals surface area contributed by atoms with Crippen LogP contribution in [0.5, 0.6) is 0 Å². The van der Waals surface area contributed by atoms with Crippen LogP contribution in [0.15, 0.2) is 18.2 Å². The molecule has 0 bridgehead atoms. The van der Waals surface area contributed by atoms with Gasteiger partial charge in [0.2, 0.25) is 0 Å². The van der Waals surface area contributed by atoms with Gasteiger partial charge in [0, 0.05) is 12.6 Å². The first kappa shape index (κ1) is 13.1. The van der Waals surface area contributed by atoms with Crippen molar-refractivity contribution in [3.05, 3.63) is 35.4 Å². The van der Waals surface area contributed by atoms with Gasteiger partial charge in [-0.3, -0.25) is 0 Å². The van der Waals surface area contributed by atoms with Crippen molar-refractivity contribution in [2.24, 2.45) is 5.92 Å². The van der Waals surface area contributed by atoms with Crippen LogP contribution in [-0.2, 0) is 0 Å². The molecule has 0 spiro atoms. The Morgan fingerprint density at radius 3 is 2.19 bits per heavy atom. The van der Waals surface area contributed by atoms with Crippen LogP contribution in [0.4, 0.5) is 8.78 Å². The highest BCUT2D eigenvalue weighted by atomic mass is 19.1. The van der Waals surface area contributed by atoms with Gasteiger partial charge in [-0.2, -0.15) is 0 Å². The molecule has 1 unspecified atom stereocenters. The van der Waals surface area contributed by atoms with Gasteiger partial charge in [-0.25, -0.2) is 8.78 Å². The summed E-state index contributed by atoms with van der Waals surface area (Å²) in [6.07, 6.45) is -0.885. The van der Waals surface area contributed by atoms with E-state index in [4.69, 9.17) is 0 Å². The maximum absolute atomic E-state index is 12.9. The third kappa shape index (κ3) is 4.24. The molecule has 0 aromatic heterocycles. The smallest absolute Gasteiger partial charge is 0.126 e. The molecule has 0 fully saturated rings. The zero-order valence-electron chi connectivity index (χ0n) is 9.50. The summed E-state index contributed by atoms with van der Waals surface area (Å²) in [7, 11) is 0. The number of halogens is 2. The Balaban J connectivity index is 2.55. The predicted molar refractivity (Wildman–Crippen MR) is 59.0 cm³/mol. The zero-order valence-corrected chi connectivity index (χ0v) is 9.50. The van der Waals surface area contributed by atoms with E-state index in [9.17, 15) is 13.9 Å². The highest BCUT2D eigenvalue weighted by molar-refractivity contribution is 5.20. The fourth-order valence-corrected chi connectivity index (χ4v) is 1.39. The van der Waals surface area contributed by atoms with E-state index in [1.54, 1.807) is 0 Å². The molecule has 1 atom stereocenters. The van der Waals surface area contributed by atoms with Gasteiger partial charge in [0.15, 0.2) is 0 Å². The van der Waals surface area contributed by atoms with E-state index >= 15 is 0 Å². The van der Waals surface area contributed by atoms with Crippen molar-refractivity contribution in [3.8, 4) is 0 Å². The average Bonchev–Trinajstić information content (AvgIpc) is 2.15. The van der Waals surface area contributed by atoms with Crippen LogP contribution < -0.4 is 5.32 Å². The fraction of sp³-hybridized carbons (Fsp3) is 0.500. The normalized spacial score (nSPS) is 13.1. The molecule has 0 saturated carbocycles. The van der Waals surface area contributed by atoms with Crippen molar-refractivity contribution < 1.29 is 13.9 Å². The monoisotopic (exact) mass is 229 g/mol. The third-order valence-electron chi connectivity index (χ3n) is 2.16. The maximum Gasteiger partial charge on any atom is 0.126 e. The van der Waals surface area contributed by atoms with E-state index in [2.05, 4.69) is 5.32 Å². The van der Waals surface area contributed by atoms with E-state index < -0.39 is 17.7 Å². The minimum absolute atomic E-state index is 0.258. The highest BCUT2D eigenvalue weighted by Crippen LogP contribution is 2.15. The number of rotatable bonds is 5. The van der Waals surface area contributed by atoms with Crippen LogP contribution in [0, 0.1) is 17.6 Å². The lowest BCUT2D eigenvalue weighted by atomic mass is 10.1. The number of benzene rings is 1. The van der Waals surface area contributed by atoms with E-state index in [-0.39, 0.29) is 5.56 Å². The van der Waals surface area contributed by atoms with Gasteiger partial charge in [0.25, 0.3) is 0 Å². The second kappa shape index (κ2) is 5.92. The van der Waals surface area contributed by atoms with Crippen molar-refractivity contribution in [1.29, 1.82) is 0 Å². The van der Waals surface area contributed by atoms with E-state index in [0.717, 1.165) is 24.7 Å². The van der Waals surface area contributed by atoms with Gasteiger partial charge in [-0.05, 0) is 30.2 Å². The largest absolute Gasteiger partial charge is 0.387 e. The number of hydrogen-bond donors (Lipinski definition) is 2. The first-order valence-corrected chi connectivity index (χ1v) is 5.34. The summed E-state index contributed by atoms with van der Waals surface area (Å²) in [5.41, 5.74) is 0.258. The Morgan fingerprint density at radius 1 is 1.12 bits per heavy atom. The summed E-state index contributed by atoms with van der Waals surface area (Å²) in [5, 5.41) is 12.7. The van der Waals surface area contributed by atoms with Gasteiger partial charge in [-0.15, -0.1) is 0 Å². The molecular formula is C12H17F2NO. The van der Waals surface area contributed by atoms with E-state index in [1.165, 1.54) is 0 Å². The van der Waals surface area contributed by atoms with Gasteiger partial charge in [-0.1, -0.05) is 13.8 Å². The highest BCUT2D eigenvalue weighted by Gasteiger charge is 2.10. The van der Waals surface area contributed by atoms with Gasteiger partial charge >= 0.3 is 0 Å². The summed E-state index contributed by atoms with van der Waals surface area (Å²) < 4.78 is 25.7. The maximum atomic E-state index is 12.9. The molecule has 1 aromatic carbocycles. The van der Waals surface area contributed by atoms with Crippen molar-refractivity contribution in [3.63, 3.8) is 0 Å². The van der Waals surface area contributed by atoms with Crippen LogP contribution in [0.3, 0.4) is 0 Å². The minimum Gasteiger partial charge on any atom is -0.387 e. The molecule has 90 valence electrons. The molecule has 0 aliphatic heterocycles. The zero-order chi connectivity index (χ0) is 12.1. The molecule has 1 aromatic rings. The van der Waals surface area contributed by atoms with Crippen LogP contribution in [0.25, 0.3) is 0 Å². The summed E-state index contributed by atoms with van der Waals surface area (Å²) >= 11 is 0. The van der Waals surface area contributed by atoms with Crippen LogP contribution in [0.2, 0.25) is 0 Å². The first-order valence-electron chi connectivity index (χ1n) is 5.34. The quantitative estimate of drug-likeness (QED) is 0.811.